The summed E-state index contributed by atoms with van der Waals surface area (Å²) in [4.78, 5) is 16.3. The Kier molecular flexibility index (Phi) is 8.79. The molecular weight excluding hydrogens is 312 g/mol. The highest BCUT2D eigenvalue weighted by molar-refractivity contribution is 8.76. The summed E-state index contributed by atoms with van der Waals surface area (Å²) >= 11 is 0. The number of rotatable bonds is 6. The predicted octanol–water partition coefficient (Wildman–Crippen LogP) is 4.83. The third-order valence-corrected chi connectivity index (χ3v) is 6.18. The van der Waals surface area contributed by atoms with Gasteiger partial charge in [-0.3, -0.25) is 4.79 Å². The van der Waals surface area contributed by atoms with E-state index in [-0.39, 0.29) is 5.91 Å². The number of carbonyl (C=O) groups is 1. The first kappa shape index (κ1) is 17.7. The van der Waals surface area contributed by atoms with Gasteiger partial charge in [-0.15, -0.1) is 0 Å². The first-order valence-electron chi connectivity index (χ1n) is 8.34. The average Bonchev–Trinajstić information content (AvgIpc) is 2.67. The fraction of sp³-hybridized carbons (Fsp3) is 0.647. The molecule has 1 aliphatic carbocycles. The van der Waals surface area contributed by atoms with Gasteiger partial charge in [0.2, 0.25) is 5.91 Å². The Morgan fingerprint density at radius 3 is 2.55 bits per heavy atom. The van der Waals surface area contributed by atoms with Crippen molar-refractivity contribution in [3.63, 3.8) is 0 Å². The van der Waals surface area contributed by atoms with Crippen LogP contribution in [0.4, 0.5) is 0 Å². The monoisotopic (exact) mass is 338 g/mol. The molecule has 0 radical (unpaired) electrons. The largest absolute Gasteiger partial charge is 0.353 e. The standard InChI is InChI=1S/C17H26N2OS2/c20-16(12-14-21-22-17-11-7-8-13-18-17)19-15-9-5-3-1-2-4-6-10-15/h7-8,11,13,15H,1-6,9-10,12,14H2,(H,19,20). The van der Waals surface area contributed by atoms with Crippen molar-refractivity contribution in [1.82, 2.24) is 10.3 Å². The number of carbonyl (C=O) groups excluding carboxylic acids is 1. The maximum atomic E-state index is 12.1. The van der Waals surface area contributed by atoms with Gasteiger partial charge in [0.1, 0.15) is 5.03 Å². The van der Waals surface area contributed by atoms with Crippen LogP contribution in [0, 0.1) is 0 Å². The van der Waals surface area contributed by atoms with E-state index in [4.69, 9.17) is 0 Å². The van der Waals surface area contributed by atoms with Gasteiger partial charge in [0.05, 0.1) is 0 Å². The quantitative estimate of drug-likeness (QED) is 0.596. The van der Waals surface area contributed by atoms with Gasteiger partial charge in [0.15, 0.2) is 0 Å². The Balaban J connectivity index is 1.60. The number of nitrogens with one attached hydrogen (secondary N) is 1. The third kappa shape index (κ3) is 7.54. The molecule has 1 aromatic rings. The molecule has 2 rings (SSSR count). The molecule has 1 N–H and O–H groups in total. The van der Waals surface area contributed by atoms with E-state index in [1.807, 2.05) is 18.2 Å². The second-order valence-corrected chi connectivity index (χ2v) is 8.22. The average molecular weight is 339 g/mol. The summed E-state index contributed by atoms with van der Waals surface area (Å²) in [6.45, 7) is 0. The molecule has 0 aromatic carbocycles. The van der Waals surface area contributed by atoms with E-state index in [1.165, 1.54) is 38.5 Å². The van der Waals surface area contributed by atoms with Crippen molar-refractivity contribution in [2.45, 2.75) is 68.9 Å². The number of nitrogens with zero attached hydrogens (tertiary/aromatic N) is 1. The summed E-state index contributed by atoms with van der Waals surface area (Å²) in [5, 5.41) is 4.24. The van der Waals surface area contributed by atoms with Crippen molar-refractivity contribution < 1.29 is 4.79 Å². The van der Waals surface area contributed by atoms with Gasteiger partial charge in [-0.25, -0.2) is 4.98 Å². The lowest BCUT2D eigenvalue weighted by molar-refractivity contribution is -0.121. The SMILES string of the molecule is O=C(CCSSc1ccccn1)NC1CCCCCCCC1. The molecular formula is C17H26N2OS2. The van der Waals surface area contributed by atoms with Crippen molar-refractivity contribution in [2.24, 2.45) is 0 Å². The molecule has 0 atom stereocenters. The van der Waals surface area contributed by atoms with Crippen LogP contribution in [-0.2, 0) is 4.79 Å². The summed E-state index contributed by atoms with van der Waals surface area (Å²) < 4.78 is 0. The lowest BCUT2D eigenvalue weighted by Crippen LogP contribution is -2.34. The molecule has 0 saturated heterocycles. The van der Waals surface area contributed by atoms with Crippen LogP contribution in [-0.4, -0.2) is 22.7 Å². The Labute approximate surface area is 141 Å². The Morgan fingerprint density at radius 2 is 1.86 bits per heavy atom. The summed E-state index contributed by atoms with van der Waals surface area (Å²) in [5.74, 6) is 1.04. The normalized spacial score (nSPS) is 17.3. The van der Waals surface area contributed by atoms with E-state index in [0.717, 1.165) is 23.6 Å². The van der Waals surface area contributed by atoms with Crippen LogP contribution in [0.5, 0.6) is 0 Å². The fourth-order valence-corrected chi connectivity index (χ4v) is 4.58. The summed E-state index contributed by atoms with van der Waals surface area (Å²) in [7, 11) is 3.34. The molecule has 0 bridgehead atoms. The van der Waals surface area contributed by atoms with Gasteiger partial charge in [-0.2, -0.15) is 0 Å². The van der Waals surface area contributed by atoms with Gasteiger partial charge < -0.3 is 5.32 Å². The number of pyridine rings is 1. The van der Waals surface area contributed by atoms with Gasteiger partial charge in [0, 0.05) is 24.4 Å². The maximum absolute atomic E-state index is 12.1. The molecule has 3 nitrogen and oxygen atoms in total. The second kappa shape index (κ2) is 10.9. The Hall–Kier alpha value is -0.680. The predicted molar refractivity (Wildman–Crippen MR) is 96.0 cm³/mol. The maximum Gasteiger partial charge on any atom is 0.221 e. The zero-order chi connectivity index (χ0) is 15.5. The molecule has 1 aliphatic rings. The van der Waals surface area contributed by atoms with E-state index >= 15 is 0 Å². The van der Waals surface area contributed by atoms with Crippen LogP contribution in [0.25, 0.3) is 0 Å². The third-order valence-electron chi connectivity index (χ3n) is 3.91. The molecule has 0 aliphatic heterocycles. The highest BCUT2D eigenvalue weighted by Gasteiger charge is 2.13. The van der Waals surface area contributed by atoms with Crippen LogP contribution >= 0.6 is 21.6 Å². The van der Waals surface area contributed by atoms with Gasteiger partial charge >= 0.3 is 0 Å². The second-order valence-electron chi connectivity index (χ2n) is 5.79. The molecule has 1 saturated carbocycles. The van der Waals surface area contributed by atoms with Crippen LogP contribution in [0.1, 0.15) is 57.8 Å². The summed E-state index contributed by atoms with van der Waals surface area (Å²) in [6, 6.07) is 6.30. The minimum Gasteiger partial charge on any atom is -0.353 e. The topological polar surface area (TPSA) is 42.0 Å². The van der Waals surface area contributed by atoms with E-state index in [1.54, 1.807) is 27.8 Å². The summed E-state index contributed by atoms with van der Waals surface area (Å²) in [6.07, 6.45) is 12.6. The number of hydrogen-bond acceptors (Lipinski definition) is 4. The van der Waals surface area contributed by atoms with E-state index < -0.39 is 0 Å². The van der Waals surface area contributed by atoms with E-state index in [9.17, 15) is 4.79 Å². The summed E-state index contributed by atoms with van der Waals surface area (Å²) in [5.41, 5.74) is 0. The molecule has 1 aromatic heterocycles. The smallest absolute Gasteiger partial charge is 0.221 e. The van der Waals surface area contributed by atoms with Gasteiger partial charge in [0.25, 0.3) is 0 Å². The Morgan fingerprint density at radius 1 is 1.14 bits per heavy atom. The van der Waals surface area contributed by atoms with Gasteiger partial charge in [-0.05, 0) is 35.8 Å². The van der Waals surface area contributed by atoms with Crippen molar-refractivity contribution in [2.75, 3.05) is 5.75 Å². The lowest BCUT2D eigenvalue weighted by Gasteiger charge is -2.17. The molecule has 1 heterocycles. The van der Waals surface area contributed by atoms with Crippen LogP contribution < -0.4 is 5.32 Å². The minimum atomic E-state index is 0.207. The van der Waals surface area contributed by atoms with Crippen molar-refractivity contribution in [3.8, 4) is 0 Å². The van der Waals surface area contributed by atoms with Gasteiger partial charge in [-0.1, -0.05) is 55.4 Å². The zero-order valence-electron chi connectivity index (χ0n) is 13.1. The van der Waals surface area contributed by atoms with Crippen LogP contribution in [0.3, 0.4) is 0 Å². The van der Waals surface area contributed by atoms with Crippen molar-refractivity contribution in [1.29, 1.82) is 0 Å². The first-order chi connectivity index (χ1) is 10.8. The van der Waals surface area contributed by atoms with E-state index in [2.05, 4.69) is 10.3 Å². The van der Waals surface area contributed by atoms with Crippen molar-refractivity contribution in [3.05, 3.63) is 24.4 Å². The first-order valence-corrected chi connectivity index (χ1v) is 10.7. The number of aromatic nitrogens is 1. The highest BCUT2D eigenvalue weighted by atomic mass is 33.1. The van der Waals surface area contributed by atoms with E-state index in [0.29, 0.717) is 12.5 Å². The van der Waals surface area contributed by atoms with Crippen LogP contribution in [0.15, 0.2) is 29.4 Å². The fourth-order valence-electron chi connectivity index (χ4n) is 2.71. The lowest BCUT2D eigenvalue weighted by atomic mass is 10.1. The molecule has 1 amide bonds. The molecule has 22 heavy (non-hydrogen) atoms. The Bertz CT molecular complexity index is 418. The van der Waals surface area contributed by atoms with Crippen molar-refractivity contribution >= 4 is 27.5 Å². The highest BCUT2D eigenvalue weighted by Crippen LogP contribution is 2.29. The molecule has 5 heteroatoms. The molecule has 1 fully saturated rings. The molecule has 122 valence electrons. The number of hydrogen-bond donors (Lipinski definition) is 1. The zero-order valence-corrected chi connectivity index (χ0v) is 14.8. The minimum absolute atomic E-state index is 0.207. The molecule has 0 spiro atoms. The van der Waals surface area contributed by atoms with Crippen LogP contribution in [0.2, 0.25) is 0 Å². The molecule has 0 unspecified atom stereocenters. The number of amides is 1.